The summed E-state index contributed by atoms with van der Waals surface area (Å²) in [5.41, 5.74) is 0. The highest BCUT2D eigenvalue weighted by Crippen LogP contribution is 2.19. The molecule has 7 heteroatoms. The molecule has 1 saturated heterocycles. The quantitative estimate of drug-likeness (QED) is 0.774. The van der Waals surface area contributed by atoms with E-state index in [1.807, 2.05) is 0 Å². The summed E-state index contributed by atoms with van der Waals surface area (Å²) in [6.45, 7) is 0.405. The monoisotopic (exact) mass is 283 g/mol. The highest BCUT2D eigenvalue weighted by Gasteiger charge is 2.34. The third-order valence-corrected chi connectivity index (χ3v) is 3.68. The van der Waals surface area contributed by atoms with E-state index in [0.717, 1.165) is 25.7 Å². The zero-order valence-electron chi connectivity index (χ0n) is 11.7. The highest BCUT2D eigenvalue weighted by molar-refractivity contribution is 5.87. The van der Waals surface area contributed by atoms with Crippen molar-refractivity contribution in [3.8, 4) is 0 Å². The Labute approximate surface area is 117 Å². The van der Waals surface area contributed by atoms with Gasteiger partial charge in [-0.25, -0.2) is 9.59 Å². The van der Waals surface area contributed by atoms with Gasteiger partial charge in [-0.05, 0) is 32.1 Å². The molecule has 7 nitrogen and oxygen atoms in total. The number of rotatable bonds is 4. The average molecular weight is 283 g/mol. The van der Waals surface area contributed by atoms with E-state index < -0.39 is 12.0 Å². The van der Waals surface area contributed by atoms with Gasteiger partial charge in [0.05, 0.1) is 0 Å². The highest BCUT2D eigenvalue weighted by atomic mass is 16.4. The molecule has 3 amide bonds. The zero-order chi connectivity index (χ0) is 14.7. The molecule has 0 spiro atoms. The average Bonchev–Trinajstić information content (AvgIpc) is 3.21. The van der Waals surface area contributed by atoms with Crippen LogP contribution in [0, 0.1) is 0 Å². The number of carboxylic acids is 1. The normalized spacial score (nSPS) is 22.2. The number of nitrogens with one attached hydrogen (secondary N) is 1. The van der Waals surface area contributed by atoms with Crippen LogP contribution in [0.15, 0.2) is 0 Å². The summed E-state index contributed by atoms with van der Waals surface area (Å²) in [4.78, 5) is 37.7. The molecule has 0 aromatic carbocycles. The second-order valence-corrected chi connectivity index (χ2v) is 5.52. The van der Waals surface area contributed by atoms with Gasteiger partial charge in [0.25, 0.3) is 0 Å². The van der Waals surface area contributed by atoms with Gasteiger partial charge in [-0.2, -0.15) is 0 Å². The first-order valence-electron chi connectivity index (χ1n) is 7.03. The molecule has 112 valence electrons. The van der Waals surface area contributed by atoms with E-state index >= 15 is 0 Å². The molecule has 2 rings (SSSR count). The topological polar surface area (TPSA) is 90.0 Å². The molecule has 0 aromatic heterocycles. The van der Waals surface area contributed by atoms with Crippen LogP contribution < -0.4 is 5.32 Å². The van der Waals surface area contributed by atoms with Crippen molar-refractivity contribution < 1.29 is 19.5 Å². The maximum Gasteiger partial charge on any atom is 0.326 e. The number of carbonyl (C=O) groups excluding carboxylic acids is 2. The van der Waals surface area contributed by atoms with Gasteiger partial charge in [-0.15, -0.1) is 0 Å². The number of aliphatic carboxylic acids is 1. The van der Waals surface area contributed by atoms with Crippen molar-refractivity contribution >= 4 is 17.9 Å². The Bertz CT molecular complexity index is 408. The number of urea groups is 1. The second kappa shape index (κ2) is 6.11. The van der Waals surface area contributed by atoms with Crippen LogP contribution in [-0.4, -0.2) is 65.0 Å². The SMILES string of the molecule is CN(CC(=O)NC1CC1)C(=O)N1CCCCC1C(=O)O. The van der Waals surface area contributed by atoms with Crippen LogP contribution >= 0.6 is 0 Å². The lowest BCUT2D eigenvalue weighted by Crippen LogP contribution is -2.53. The molecular formula is C13H21N3O4. The predicted octanol–water partition coefficient (Wildman–Crippen LogP) is 0.256. The van der Waals surface area contributed by atoms with Crippen LogP contribution in [0.2, 0.25) is 0 Å². The minimum atomic E-state index is -0.978. The fraction of sp³-hybridized carbons (Fsp3) is 0.769. The molecule has 1 heterocycles. The summed E-state index contributed by atoms with van der Waals surface area (Å²) in [6.07, 6.45) is 4.08. The molecule has 1 saturated carbocycles. The van der Waals surface area contributed by atoms with Crippen molar-refractivity contribution in [2.75, 3.05) is 20.1 Å². The minimum Gasteiger partial charge on any atom is -0.480 e. The van der Waals surface area contributed by atoms with Gasteiger partial charge >= 0.3 is 12.0 Å². The maximum absolute atomic E-state index is 12.3. The molecule has 2 fully saturated rings. The van der Waals surface area contributed by atoms with Gasteiger partial charge in [0.2, 0.25) is 5.91 Å². The van der Waals surface area contributed by atoms with Crippen LogP contribution in [0.1, 0.15) is 32.1 Å². The van der Waals surface area contributed by atoms with Crippen molar-refractivity contribution in [2.45, 2.75) is 44.2 Å². The van der Waals surface area contributed by atoms with Crippen molar-refractivity contribution in [3.63, 3.8) is 0 Å². The molecule has 20 heavy (non-hydrogen) atoms. The Morgan fingerprint density at radius 1 is 1.25 bits per heavy atom. The first-order chi connectivity index (χ1) is 9.49. The Morgan fingerprint density at radius 3 is 2.55 bits per heavy atom. The number of carbonyl (C=O) groups is 3. The summed E-state index contributed by atoms with van der Waals surface area (Å²) >= 11 is 0. The van der Waals surface area contributed by atoms with Gasteiger partial charge in [0, 0.05) is 19.6 Å². The van der Waals surface area contributed by atoms with Gasteiger partial charge in [-0.1, -0.05) is 0 Å². The fourth-order valence-corrected chi connectivity index (χ4v) is 2.42. The third kappa shape index (κ3) is 3.61. The molecule has 1 atom stereocenters. The smallest absolute Gasteiger partial charge is 0.326 e. The summed E-state index contributed by atoms with van der Waals surface area (Å²) in [7, 11) is 1.53. The largest absolute Gasteiger partial charge is 0.480 e. The van der Waals surface area contributed by atoms with Crippen molar-refractivity contribution in [1.82, 2.24) is 15.1 Å². The third-order valence-electron chi connectivity index (χ3n) is 3.68. The van der Waals surface area contributed by atoms with E-state index in [1.54, 1.807) is 0 Å². The molecule has 2 aliphatic rings. The zero-order valence-corrected chi connectivity index (χ0v) is 11.7. The van der Waals surface area contributed by atoms with Crippen molar-refractivity contribution in [2.24, 2.45) is 0 Å². The molecule has 2 N–H and O–H groups in total. The molecule has 1 unspecified atom stereocenters. The summed E-state index contributed by atoms with van der Waals surface area (Å²) in [5, 5.41) is 12.0. The van der Waals surface area contributed by atoms with E-state index in [4.69, 9.17) is 5.11 Å². The first kappa shape index (κ1) is 14.6. The van der Waals surface area contributed by atoms with Crippen LogP contribution in [0.5, 0.6) is 0 Å². The maximum atomic E-state index is 12.3. The van der Waals surface area contributed by atoms with Gasteiger partial charge in [0.1, 0.15) is 12.6 Å². The molecule has 0 radical (unpaired) electrons. The number of nitrogens with zero attached hydrogens (tertiary/aromatic N) is 2. The van der Waals surface area contributed by atoms with Crippen LogP contribution in [0.4, 0.5) is 4.79 Å². The van der Waals surface area contributed by atoms with Crippen LogP contribution in [-0.2, 0) is 9.59 Å². The van der Waals surface area contributed by atoms with Crippen molar-refractivity contribution in [3.05, 3.63) is 0 Å². The van der Waals surface area contributed by atoms with E-state index in [2.05, 4.69) is 5.32 Å². The summed E-state index contributed by atoms with van der Waals surface area (Å²) in [5.74, 6) is -1.17. The lowest BCUT2D eigenvalue weighted by atomic mass is 10.0. The minimum absolute atomic E-state index is 0.0296. The summed E-state index contributed by atoms with van der Waals surface area (Å²) in [6, 6.07) is -0.902. The molecule has 0 bridgehead atoms. The molecule has 1 aliphatic heterocycles. The Morgan fingerprint density at radius 2 is 1.95 bits per heavy atom. The van der Waals surface area contributed by atoms with Crippen molar-refractivity contribution in [1.29, 1.82) is 0 Å². The molecule has 1 aliphatic carbocycles. The second-order valence-electron chi connectivity index (χ2n) is 5.52. The Balaban J connectivity index is 1.89. The number of carboxylic acid groups (broad SMARTS) is 1. The molecular weight excluding hydrogens is 262 g/mol. The van der Waals surface area contributed by atoms with Crippen LogP contribution in [0.3, 0.4) is 0 Å². The van der Waals surface area contributed by atoms with E-state index in [9.17, 15) is 14.4 Å². The van der Waals surface area contributed by atoms with E-state index in [-0.39, 0.29) is 24.5 Å². The van der Waals surface area contributed by atoms with Gasteiger partial charge in [0.15, 0.2) is 0 Å². The number of hydrogen-bond donors (Lipinski definition) is 2. The molecule has 0 aromatic rings. The lowest BCUT2D eigenvalue weighted by molar-refractivity contribution is -0.143. The van der Waals surface area contributed by atoms with Gasteiger partial charge in [-0.3, -0.25) is 4.79 Å². The number of likely N-dealkylation sites (tertiary alicyclic amines) is 1. The summed E-state index contributed by atoms with van der Waals surface area (Å²) < 4.78 is 0. The Kier molecular flexibility index (Phi) is 4.46. The van der Waals surface area contributed by atoms with Crippen LogP contribution in [0.25, 0.3) is 0 Å². The Hall–Kier alpha value is -1.79. The number of amides is 3. The number of piperidine rings is 1. The number of likely N-dealkylation sites (N-methyl/N-ethyl adjacent to an activating group) is 1. The lowest BCUT2D eigenvalue weighted by Gasteiger charge is -2.35. The van der Waals surface area contributed by atoms with E-state index in [1.165, 1.54) is 16.8 Å². The number of hydrogen-bond acceptors (Lipinski definition) is 3. The van der Waals surface area contributed by atoms with Gasteiger partial charge < -0.3 is 20.2 Å². The van der Waals surface area contributed by atoms with E-state index in [0.29, 0.717) is 13.0 Å². The predicted molar refractivity (Wildman–Crippen MR) is 71.2 cm³/mol. The first-order valence-corrected chi connectivity index (χ1v) is 7.03. The standard InChI is InChI=1S/C13H21N3O4/c1-15(8-11(17)14-9-5-6-9)13(20)16-7-3-2-4-10(16)12(18)19/h9-10H,2-8H2,1H3,(H,14,17)(H,18,19). The fourth-order valence-electron chi connectivity index (χ4n) is 2.42.